The summed E-state index contributed by atoms with van der Waals surface area (Å²) >= 11 is 18.1. The maximum atomic E-state index is 13.0. The molecule has 0 unspecified atom stereocenters. The molecule has 0 bridgehead atoms. The van der Waals surface area contributed by atoms with Crippen molar-refractivity contribution in [1.29, 1.82) is 0 Å². The number of benzene rings is 1. The summed E-state index contributed by atoms with van der Waals surface area (Å²) in [7, 11) is 0. The maximum Gasteiger partial charge on any atom is 0.257 e. The third-order valence-corrected chi connectivity index (χ3v) is 5.22. The second-order valence-corrected chi connectivity index (χ2v) is 7.32. The molecule has 0 fully saturated rings. The van der Waals surface area contributed by atoms with Gasteiger partial charge in [-0.2, -0.15) is 0 Å². The van der Waals surface area contributed by atoms with E-state index in [1.807, 2.05) is 11.5 Å². The van der Waals surface area contributed by atoms with Crippen LogP contribution in [0, 0.1) is 0 Å². The van der Waals surface area contributed by atoms with Crippen LogP contribution < -0.4 is 10.7 Å². The second-order valence-electron chi connectivity index (χ2n) is 6.17. The van der Waals surface area contributed by atoms with Crippen LogP contribution in [0.2, 0.25) is 15.3 Å². The van der Waals surface area contributed by atoms with Gasteiger partial charge in [0.1, 0.15) is 11.9 Å². The summed E-state index contributed by atoms with van der Waals surface area (Å²) < 4.78 is 3.40. The van der Waals surface area contributed by atoms with E-state index in [-0.39, 0.29) is 17.4 Å². The molecule has 152 valence electrons. The molecule has 3 rings (SSSR count). The van der Waals surface area contributed by atoms with Gasteiger partial charge in [-0.1, -0.05) is 29.3 Å². The number of pyridine rings is 1. The summed E-state index contributed by atoms with van der Waals surface area (Å²) in [4.78, 5) is 29.6. The Hall–Kier alpha value is -2.35. The minimum atomic E-state index is -0.448. The Morgan fingerprint density at radius 2 is 1.90 bits per heavy atom. The summed E-state index contributed by atoms with van der Waals surface area (Å²) in [6, 6.07) is 6.44. The minimum Gasteiger partial charge on any atom is -0.352 e. The van der Waals surface area contributed by atoms with Crippen molar-refractivity contribution in [2.75, 3.05) is 6.54 Å². The molecule has 1 amide bonds. The highest BCUT2D eigenvalue weighted by Gasteiger charge is 2.22. The van der Waals surface area contributed by atoms with Gasteiger partial charge in [0.15, 0.2) is 5.43 Å². The molecule has 10 heteroatoms. The Morgan fingerprint density at radius 3 is 2.48 bits per heavy atom. The number of carbonyl (C=O) groups excluding carboxylic acids is 1. The van der Waals surface area contributed by atoms with E-state index in [4.69, 9.17) is 34.8 Å². The zero-order valence-electron chi connectivity index (χ0n) is 15.7. The predicted octanol–water partition coefficient (Wildman–Crippen LogP) is 3.88. The number of hydrogen-bond acceptors (Lipinski definition) is 4. The van der Waals surface area contributed by atoms with Gasteiger partial charge in [0, 0.05) is 30.4 Å². The Balaban J connectivity index is 2.28. The van der Waals surface area contributed by atoms with E-state index in [1.54, 1.807) is 25.1 Å². The number of halogens is 3. The minimum absolute atomic E-state index is 0.0486. The van der Waals surface area contributed by atoms with Crippen molar-refractivity contribution in [2.24, 2.45) is 0 Å². The molecule has 0 radical (unpaired) electrons. The molecule has 0 aliphatic rings. The normalized spacial score (nSPS) is 10.9. The quantitative estimate of drug-likeness (QED) is 0.613. The predicted molar refractivity (Wildman–Crippen MR) is 114 cm³/mol. The highest BCUT2D eigenvalue weighted by atomic mass is 35.5. The standard InChI is InChI=1S/C19H18Cl3N5O2/c1-3-23-18(29)16-15(28)8-12(9-26-10-24-19(22)25-26)27(4-2)17(16)11-5-6-13(20)14(21)7-11/h5-8,10H,3-4,9H2,1-2H3,(H,23,29). The first-order valence-electron chi connectivity index (χ1n) is 8.91. The first kappa shape index (κ1) is 21.4. The average molecular weight is 455 g/mol. The van der Waals surface area contributed by atoms with Gasteiger partial charge in [-0.15, -0.1) is 5.10 Å². The molecule has 0 aliphatic heterocycles. The second kappa shape index (κ2) is 8.98. The van der Waals surface area contributed by atoms with Crippen molar-refractivity contribution in [1.82, 2.24) is 24.6 Å². The van der Waals surface area contributed by atoms with E-state index >= 15 is 0 Å². The molecule has 2 aromatic heterocycles. The Morgan fingerprint density at radius 1 is 1.14 bits per heavy atom. The van der Waals surface area contributed by atoms with E-state index in [9.17, 15) is 9.59 Å². The molecule has 3 aromatic rings. The van der Waals surface area contributed by atoms with E-state index in [1.165, 1.54) is 17.1 Å². The molecule has 2 heterocycles. The summed E-state index contributed by atoms with van der Waals surface area (Å²) in [5, 5.41) is 7.59. The zero-order valence-corrected chi connectivity index (χ0v) is 18.0. The van der Waals surface area contributed by atoms with Crippen molar-refractivity contribution in [3.63, 3.8) is 0 Å². The third-order valence-electron chi connectivity index (χ3n) is 4.30. The van der Waals surface area contributed by atoms with Crippen LogP contribution >= 0.6 is 34.8 Å². The fourth-order valence-corrected chi connectivity index (χ4v) is 3.55. The van der Waals surface area contributed by atoms with Gasteiger partial charge in [0.2, 0.25) is 5.28 Å². The van der Waals surface area contributed by atoms with Crippen LogP contribution in [-0.4, -0.2) is 31.8 Å². The number of carbonyl (C=O) groups is 1. The lowest BCUT2D eigenvalue weighted by Gasteiger charge is -2.21. The van der Waals surface area contributed by atoms with Crippen LogP contribution in [0.15, 0.2) is 35.4 Å². The molecule has 7 nitrogen and oxygen atoms in total. The molecule has 0 saturated carbocycles. The summed E-state index contributed by atoms with van der Waals surface area (Å²) in [6.45, 7) is 4.86. The van der Waals surface area contributed by atoms with Crippen molar-refractivity contribution in [2.45, 2.75) is 26.9 Å². The lowest BCUT2D eigenvalue weighted by Crippen LogP contribution is -2.32. The summed E-state index contributed by atoms with van der Waals surface area (Å²) in [5.41, 5.74) is 1.37. The number of hydrogen-bond donors (Lipinski definition) is 1. The van der Waals surface area contributed by atoms with E-state index in [2.05, 4.69) is 15.4 Å². The van der Waals surface area contributed by atoms with Gasteiger partial charge < -0.3 is 9.88 Å². The van der Waals surface area contributed by atoms with Crippen LogP contribution in [0.5, 0.6) is 0 Å². The number of nitrogens with zero attached hydrogens (tertiary/aromatic N) is 4. The van der Waals surface area contributed by atoms with Gasteiger partial charge in [-0.05, 0) is 37.6 Å². The van der Waals surface area contributed by atoms with E-state index in [0.29, 0.717) is 40.1 Å². The van der Waals surface area contributed by atoms with Gasteiger partial charge in [0.05, 0.1) is 22.3 Å². The van der Waals surface area contributed by atoms with Crippen molar-refractivity contribution in [3.05, 3.63) is 67.4 Å². The number of aromatic nitrogens is 4. The van der Waals surface area contributed by atoms with Gasteiger partial charge >= 0.3 is 0 Å². The number of amides is 1. The molecular formula is C19H18Cl3N5O2. The highest BCUT2D eigenvalue weighted by Crippen LogP contribution is 2.30. The SMILES string of the molecule is CCNC(=O)c1c(-c2ccc(Cl)c(Cl)c2)n(CC)c(Cn2cnc(Cl)n2)cc1=O. The maximum absolute atomic E-state index is 13.0. The molecule has 0 aliphatic carbocycles. The molecule has 1 aromatic carbocycles. The zero-order chi connectivity index (χ0) is 21.1. The fourth-order valence-electron chi connectivity index (χ4n) is 3.11. The molecule has 0 saturated heterocycles. The van der Waals surface area contributed by atoms with E-state index < -0.39 is 11.3 Å². The number of rotatable bonds is 6. The third kappa shape index (κ3) is 4.47. The lowest BCUT2D eigenvalue weighted by molar-refractivity contribution is 0.0954. The molecular weight excluding hydrogens is 437 g/mol. The smallest absolute Gasteiger partial charge is 0.257 e. The van der Waals surface area contributed by atoms with Crippen LogP contribution in [0.3, 0.4) is 0 Å². The monoisotopic (exact) mass is 453 g/mol. The highest BCUT2D eigenvalue weighted by molar-refractivity contribution is 6.42. The fraction of sp³-hybridized carbons (Fsp3) is 0.263. The number of nitrogens with one attached hydrogen (secondary N) is 1. The van der Waals surface area contributed by atoms with Crippen molar-refractivity contribution >= 4 is 40.7 Å². The Labute approximate surface area is 182 Å². The lowest BCUT2D eigenvalue weighted by atomic mass is 10.0. The summed E-state index contributed by atoms with van der Waals surface area (Å²) in [6.07, 6.45) is 1.48. The van der Waals surface area contributed by atoms with Crippen LogP contribution in [0.25, 0.3) is 11.3 Å². The van der Waals surface area contributed by atoms with Gasteiger partial charge in [-0.3, -0.25) is 9.59 Å². The first-order valence-corrected chi connectivity index (χ1v) is 10.0. The van der Waals surface area contributed by atoms with Crippen LogP contribution in [0.1, 0.15) is 29.9 Å². The largest absolute Gasteiger partial charge is 0.352 e. The van der Waals surface area contributed by atoms with E-state index in [0.717, 1.165) is 0 Å². The average Bonchev–Trinajstić information content (AvgIpc) is 3.08. The van der Waals surface area contributed by atoms with Gasteiger partial charge in [-0.25, -0.2) is 9.67 Å². The van der Waals surface area contributed by atoms with Crippen LogP contribution in [-0.2, 0) is 13.1 Å². The topological polar surface area (TPSA) is 81.8 Å². The van der Waals surface area contributed by atoms with Crippen molar-refractivity contribution in [3.8, 4) is 11.3 Å². The Bertz CT molecular complexity index is 1120. The molecule has 1 N–H and O–H groups in total. The molecule has 0 spiro atoms. The summed E-state index contributed by atoms with van der Waals surface area (Å²) in [5.74, 6) is -0.448. The van der Waals surface area contributed by atoms with Crippen molar-refractivity contribution < 1.29 is 4.79 Å². The van der Waals surface area contributed by atoms with Gasteiger partial charge in [0.25, 0.3) is 5.91 Å². The molecule has 29 heavy (non-hydrogen) atoms. The Kier molecular flexibility index (Phi) is 6.62. The first-order chi connectivity index (χ1) is 13.8. The molecule has 0 atom stereocenters. The van der Waals surface area contributed by atoms with Crippen LogP contribution in [0.4, 0.5) is 0 Å².